The molecule has 0 N–H and O–H groups in total. The first-order valence-corrected chi connectivity index (χ1v) is 30.1. The van der Waals surface area contributed by atoms with Gasteiger partial charge in [0.15, 0.2) is 0 Å². The number of hydrogen-bond acceptors (Lipinski definition) is 0. The molecule has 368 valence electrons. The Morgan fingerprint density at radius 1 is 0.131 bits per heavy atom. The summed E-state index contributed by atoms with van der Waals surface area (Å²) in [6, 6.07) is 0. The molecule has 1 heteroatoms. The van der Waals surface area contributed by atoms with Crippen molar-refractivity contribution in [1.82, 2.24) is 0 Å². The third kappa shape index (κ3) is 49.2. The highest BCUT2D eigenvalue weighted by atomic mass is 15.3. The van der Waals surface area contributed by atoms with Crippen LogP contribution in [-0.4, -0.2) is 30.7 Å². The molecule has 0 atom stereocenters. The minimum atomic E-state index is 1.37. The Bertz CT molecular complexity index is 651. The third-order valence-corrected chi connectivity index (χ3v) is 14.9. The Labute approximate surface area is 390 Å². The van der Waals surface area contributed by atoms with Crippen LogP contribution in [0.1, 0.15) is 362 Å². The first-order valence-electron chi connectivity index (χ1n) is 30.1. The van der Waals surface area contributed by atoms with E-state index in [1.807, 2.05) is 0 Å². The molecule has 0 aromatic rings. The van der Waals surface area contributed by atoms with Gasteiger partial charge in [0, 0.05) is 0 Å². The van der Waals surface area contributed by atoms with Crippen molar-refractivity contribution in [3.63, 3.8) is 0 Å². The molecule has 0 rings (SSSR count). The monoisotopic (exact) mass is 859 g/mol. The van der Waals surface area contributed by atoms with E-state index in [4.69, 9.17) is 0 Å². The van der Waals surface area contributed by atoms with E-state index in [9.17, 15) is 0 Å². The number of unbranched alkanes of at least 4 members (excludes halogenated alkanes) is 48. The minimum Gasteiger partial charge on any atom is -0.324 e. The Balaban J connectivity index is 4.30. The van der Waals surface area contributed by atoms with Gasteiger partial charge in [-0.25, -0.2) is 0 Å². The van der Waals surface area contributed by atoms with Gasteiger partial charge in [-0.1, -0.05) is 317 Å². The second-order valence-corrected chi connectivity index (χ2v) is 21.2. The summed E-state index contributed by atoms with van der Waals surface area (Å²) in [5, 5.41) is 0. The van der Waals surface area contributed by atoms with Gasteiger partial charge in [-0.15, -0.1) is 0 Å². The summed E-state index contributed by atoms with van der Waals surface area (Å²) >= 11 is 0. The van der Waals surface area contributed by atoms with Gasteiger partial charge in [-0.05, 0) is 44.9 Å². The molecule has 0 bridgehead atoms. The minimum absolute atomic E-state index is 1.37. The summed E-state index contributed by atoms with van der Waals surface area (Å²) in [7, 11) is 0. The van der Waals surface area contributed by atoms with Crippen LogP contribution in [0.3, 0.4) is 0 Å². The lowest BCUT2D eigenvalue weighted by Crippen LogP contribution is -2.50. The summed E-state index contributed by atoms with van der Waals surface area (Å²) in [6.45, 7) is 15.3. The van der Waals surface area contributed by atoms with Crippen LogP contribution >= 0.6 is 0 Å². The second-order valence-electron chi connectivity index (χ2n) is 21.2. The van der Waals surface area contributed by atoms with Gasteiger partial charge in [0.25, 0.3) is 0 Å². The van der Waals surface area contributed by atoms with Gasteiger partial charge in [0.2, 0.25) is 0 Å². The fourth-order valence-electron chi connectivity index (χ4n) is 10.7. The molecular formula is C60H124N+. The molecule has 0 aromatic heterocycles. The topological polar surface area (TPSA) is 0 Å². The van der Waals surface area contributed by atoms with Crippen LogP contribution in [0.25, 0.3) is 0 Å². The molecule has 0 amide bonds. The van der Waals surface area contributed by atoms with E-state index in [0.29, 0.717) is 0 Å². The van der Waals surface area contributed by atoms with Crippen LogP contribution in [0.2, 0.25) is 0 Å². The Hall–Kier alpha value is -0.0400. The largest absolute Gasteiger partial charge is 0.324 e. The third-order valence-electron chi connectivity index (χ3n) is 14.9. The van der Waals surface area contributed by atoms with Crippen LogP contribution < -0.4 is 0 Å². The SMILES string of the molecule is CCCCCCCCCCCCCCCCCCC[N+](CCC)(CCCCCCCCCCCCCCCCCCC)CCCCCCCCCCCCCCCCCCC. The standard InChI is InChI=1S/C60H124N/c1-5-9-12-15-18-21-24-27-30-33-36-39-42-45-48-51-54-58-61(57-8-4,59-55-52-49-46-43-40-37-34-31-28-25-22-19-16-13-10-6-2)60-56-53-50-47-44-41-38-35-32-29-26-23-20-17-14-11-7-3/h5-60H2,1-4H3/q+1. The van der Waals surface area contributed by atoms with E-state index in [0.717, 1.165) is 0 Å². The molecule has 0 aromatic carbocycles. The van der Waals surface area contributed by atoms with Crippen molar-refractivity contribution in [2.45, 2.75) is 362 Å². The van der Waals surface area contributed by atoms with Crippen molar-refractivity contribution in [3.05, 3.63) is 0 Å². The predicted molar refractivity (Wildman–Crippen MR) is 283 cm³/mol. The van der Waals surface area contributed by atoms with Crippen LogP contribution in [0.5, 0.6) is 0 Å². The summed E-state index contributed by atoms with van der Waals surface area (Å²) in [5.74, 6) is 0. The maximum absolute atomic E-state index is 2.48. The van der Waals surface area contributed by atoms with Gasteiger partial charge in [0.1, 0.15) is 0 Å². The molecule has 0 spiro atoms. The molecule has 0 unspecified atom stereocenters. The van der Waals surface area contributed by atoms with Gasteiger partial charge in [-0.2, -0.15) is 0 Å². The second kappa shape index (κ2) is 54.3. The first kappa shape index (κ1) is 61.0. The fourth-order valence-corrected chi connectivity index (χ4v) is 10.7. The lowest BCUT2D eigenvalue weighted by atomic mass is 10.0. The highest BCUT2D eigenvalue weighted by Crippen LogP contribution is 2.21. The number of rotatable bonds is 56. The fraction of sp³-hybridized carbons (Fsp3) is 1.00. The maximum Gasteiger partial charge on any atom is 0.0786 e. The highest BCUT2D eigenvalue weighted by Gasteiger charge is 2.25. The number of nitrogens with zero attached hydrogens (tertiary/aromatic N) is 1. The number of hydrogen-bond donors (Lipinski definition) is 0. The average molecular weight is 860 g/mol. The van der Waals surface area contributed by atoms with Crippen LogP contribution in [0, 0.1) is 0 Å². The molecule has 61 heavy (non-hydrogen) atoms. The van der Waals surface area contributed by atoms with Crippen molar-refractivity contribution in [1.29, 1.82) is 0 Å². The number of quaternary nitrogens is 1. The zero-order chi connectivity index (χ0) is 44.1. The van der Waals surface area contributed by atoms with E-state index < -0.39 is 0 Å². The first-order chi connectivity index (χ1) is 30.2. The van der Waals surface area contributed by atoms with Crippen LogP contribution in [-0.2, 0) is 0 Å². The van der Waals surface area contributed by atoms with Crippen molar-refractivity contribution in [2.75, 3.05) is 26.2 Å². The van der Waals surface area contributed by atoms with Crippen LogP contribution in [0.15, 0.2) is 0 Å². The molecule has 0 aliphatic heterocycles. The Kier molecular flexibility index (Phi) is 54.3. The highest BCUT2D eigenvalue weighted by molar-refractivity contribution is 4.56. The van der Waals surface area contributed by atoms with Crippen molar-refractivity contribution in [2.24, 2.45) is 0 Å². The van der Waals surface area contributed by atoms with E-state index in [-0.39, 0.29) is 0 Å². The predicted octanol–water partition coefficient (Wildman–Crippen LogP) is 22.2. The molecule has 0 saturated carbocycles. The smallest absolute Gasteiger partial charge is 0.0786 e. The van der Waals surface area contributed by atoms with E-state index in [1.54, 1.807) is 0 Å². The summed E-state index contributed by atoms with van der Waals surface area (Å²) in [6.07, 6.45) is 76.7. The molecule has 0 saturated heterocycles. The van der Waals surface area contributed by atoms with Crippen molar-refractivity contribution in [3.8, 4) is 0 Å². The lowest BCUT2D eigenvalue weighted by molar-refractivity contribution is -0.929. The zero-order valence-electron chi connectivity index (χ0n) is 44.0. The molecule has 0 heterocycles. The Morgan fingerprint density at radius 2 is 0.262 bits per heavy atom. The molecule has 0 aliphatic rings. The van der Waals surface area contributed by atoms with Crippen molar-refractivity contribution < 1.29 is 4.48 Å². The average Bonchev–Trinajstić information content (AvgIpc) is 3.27. The van der Waals surface area contributed by atoms with Gasteiger partial charge in [-0.3, -0.25) is 0 Å². The molecule has 0 aliphatic carbocycles. The van der Waals surface area contributed by atoms with E-state index in [2.05, 4.69) is 27.7 Å². The summed E-state index contributed by atoms with van der Waals surface area (Å²) in [4.78, 5) is 0. The quantitative estimate of drug-likeness (QED) is 0.0422. The summed E-state index contributed by atoms with van der Waals surface area (Å²) < 4.78 is 1.46. The van der Waals surface area contributed by atoms with E-state index in [1.165, 1.54) is 365 Å². The molecule has 0 fully saturated rings. The molecule has 0 radical (unpaired) electrons. The van der Waals surface area contributed by atoms with Crippen molar-refractivity contribution >= 4 is 0 Å². The normalized spacial score (nSPS) is 12.0. The zero-order valence-corrected chi connectivity index (χ0v) is 44.0. The lowest BCUT2D eigenvalue weighted by Gasteiger charge is -2.39. The summed E-state index contributed by atoms with van der Waals surface area (Å²) in [5.41, 5.74) is 0. The van der Waals surface area contributed by atoms with Gasteiger partial charge in [0.05, 0.1) is 26.2 Å². The molecule has 1 nitrogen and oxygen atoms in total. The van der Waals surface area contributed by atoms with Crippen LogP contribution in [0.4, 0.5) is 0 Å². The van der Waals surface area contributed by atoms with Gasteiger partial charge >= 0.3 is 0 Å². The van der Waals surface area contributed by atoms with Gasteiger partial charge < -0.3 is 4.48 Å². The maximum atomic E-state index is 2.48. The van der Waals surface area contributed by atoms with E-state index >= 15 is 0 Å². The Morgan fingerprint density at radius 3 is 0.393 bits per heavy atom. The molecular weight excluding hydrogens is 735 g/mol.